The first-order valence-corrected chi connectivity index (χ1v) is 19.8. The topological polar surface area (TPSA) is 181 Å². The number of nitrogens with one attached hydrogen (secondary N) is 3. The lowest BCUT2D eigenvalue weighted by molar-refractivity contribution is -0.142. The number of cyclic esters (lactones) is 1. The Kier molecular flexibility index (Phi) is 9.76. The van der Waals surface area contributed by atoms with E-state index >= 15 is 0 Å². The highest BCUT2D eigenvalue weighted by molar-refractivity contribution is 7.91. The number of hydrogen-bond acceptors (Lipinski definition) is 9. The molecule has 0 radical (unpaired) electrons. The van der Waals surface area contributed by atoms with Gasteiger partial charge >= 0.3 is 12.2 Å². The number of benzene rings is 1. The van der Waals surface area contributed by atoms with E-state index in [-0.39, 0.29) is 31.9 Å². The number of rotatable bonds is 7. The van der Waals surface area contributed by atoms with Crippen LogP contribution >= 0.6 is 0 Å². The minimum absolute atomic E-state index is 0.0476. The van der Waals surface area contributed by atoms with Crippen LogP contribution in [0.3, 0.4) is 0 Å². The van der Waals surface area contributed by atoms with Crippen LogP contribution in [0.25, 0.3) is 0 Å². The van der Waals surface area contributed by atoms with Gasteiger partial charge in [0.05, 0.1) is 18.4 Å². The van der Waals surface area contributed by atoms with Gasteiger partial charge in [0.15, 0.2) is 0 Å². The van der Waals surface area contributed by atoms with Crippen molar-refractivity contribution in [1.29, 1.82) is 0 Å². The van der Waals surface area contributed by atoms with E-state index in [0.717, 1.165) is 48.8 Å². The van der Waals surface area contributed by atoms with Gasteiger partial charge in [0.1, 0.15) is 23.7 Å². The molecule has 15 heteroatoms. The summed E-state index contributed by atoms with van der Waals surface area (Å²) >= 11 is 0. The Hall–Kier alpha value is -4.14. The predicted octanol–water partition coefficient (Wildman–Crippen LogP) is 2.79. The van der Waals surface area contributed by atoms with Crippen LogP contribution in [-0.2, 0) is 53.4 Å². The largest absolute Gasteiger partial charge is 0.450 e. The third-order valence-electron chi connectivity index (χ3n) is 11.4. The summed E-state index contributed by atoms with van der Waals surface area (Å²) in [6.45, 7) is 4.58. The van der Waals surface area contributed by atoms with Crippen molar-refractivity contribution in [1.82, 2.24) is 25.2 Å². The third-order valence-corrected chi connectivity index (χ3v) is 13.3. The number of aryl methyl sites for hydroxylation is 1. The van der Waals surface area contributed by atoms with Gasteiger partial charge in [-0.3, -0.25) is 24.0 Å². The second kappa shape index (κ2) is 14.1. The maximum absolute atomic E-state index is 14.5. The van der Waals surface area contributed by atoms with Crippen LogP contribution < -0.4 is 15.4 Å². The van der Waals surface area contributed by atoms with Gasteiger partial charge in [-0.15, -0.1) is 6.58 Å². The van der Waals surface area contributed by atoms with Gasteiger partial charge in [0.25, 0.3) is 5.91 Å². The SMILES string of the molecule is C=C[C@@H]1C[C@@]1(NC(=O)[C@@H]1C[C@@H]2CN1C(=O)[C@H](C1CCCCC1)NC(=O)OCCCCc1cccc3c1CN(C3)C(=O)O2)C(=O)NS(=O)(=O)C1CC1. The molecule has 3 heterocycles. The van der Waals surface area contributed by atoms with E-state index in [0.29, 0.717) is 45.2 Å². The molecule has 3 saturated carbocycles. The lowest BCUT2D eigenvalue weighted by Gasteiger charge is -2.34. The number of carbonyl (C=O) groups excluding carboxylic acids is 5. The molecule has 0 aromatic heterocycles. The number of carbonyl (C=O) groups is 5. The summed E-state index contributed by atoms with van der Waals surface area (Å²) in [5.41, 5.74) is 1.67. The molecular formula is C36H47N5O9S. The van der Waals surface area contributed by atoms with Crippen LogP contribution in [0, 0.1) is 11.8 Å². The van der Waals surface area contributed by atoms with Gasteiger partial charge in [0, 0.05) is 25.4 Å². The smallest absolute Gasteiger partial charge is 0.410 e. The van der Waals surface area contributed by atoms with E-state index < -0.39 is 74.8 Å². The van der Waals surface area contributed by atoms with E-state index in [4.69, 9.17) is 9.47 Å². The van der Waals surface area contributed by atoms with E-state index in [9.17, 15) is 32.4 Å². The number of fused-ring (bicyclic) bond motifs is 3. The molecule has 7 rings (SSSR count). The van der Waals surface area contributed by atoms with Gasteiger partial charge in [-0.05, 0) is 74.0 Å². The van der Waals surface area contributed by atoms with Crippen molar-refractivity contribution in [3.05, 3.63) is 47.5 Å². The van der Waals surface area contributed by atoms with E-state index in [1.165, 1.54) is 11.0 Å². The Bertz CT molecular complexity index is 1710. The summed E-state index contributed by atoms with van der Waals surface area (Å²) in [5, 5.41) is 4.95. The molecule has 0 spiro atoms. The molecule has 3 aliphatic carbocycles. The highest BCUT2D eigenvalue weighted by Crippen LogP contribution is 2.45. The second-order valence-electron chi connectivity index (χ2n) is 15.0. The highest BCUT2D eigenvalue weighted by atomic mass is 32.2. The maximum Gasteiger partial charge on any atom is 0.410 e. The monoisotopic (exact) mass is 725 g/mol. The molecule has 5 amide bonds. The van der Waals surface area contributed by atoms with Crippen LogP contribution in [0.5, 0.6) is 0 Å². The number of hydrogen-bond donors (Lipinski definition) is 3. The molecule has 3 N–H and O–H groups in total. The van der Waals surface area contributed by atoms with Gasteiger partial charge in [-0.1, -0.05) is 43.5 Å². The fourth-order valence-electron chi connectivity index (χ4n) is 8.24. The first kappa shape index (κ1) is 35.3. The fraction of sp³-hybridized carbons (Fsp3) is 0.639. The van der Waals surface area contributed by atoms with Crippen LogP contribution in [0.2, 0.25) is 0 Å². The van der Waals surface area contributed by atoms with Gasteiger partial charge in [-0.2, -0.15) is 0 Å². The summed E-state index contributed by atoms with van der Waals surface area (Å²) in [4.78, 5) is 71.8. The molecule has 0 unspecified atom stereocenters. The summed E-state index contributed by atoms with van der Waals surface area (Å²) < 4.78 is 39.0. The van der Waals surface area contributed by atoms with Crippen LogP contribution in [0.15, 0.2) is 30.9 Å². The quantitative estimate of drug-likeness (QED) is 0.357. The normalized spacial score (nSPS) is 30.3. The van der Waals surface area contributed by atoms with Crippen molar-refractivity contribution in [3.8, 4) is 0 Å². The van der Waals surface area contributed by atoms with Crippen molar-refractivity contribution in [3.63, 3.8) is 0 Å². The molecule has 1 aromatic rings. The predicted molar refractivity (Wildman–Crippen MR) is 183 cm³/mol. The summed E-state index contributed by atoms with van der Waals surface area (Å²) in [7, 11) is -3.90. The maximum atomic E-state index is 14.5. The van der Waals surface area contributed by atoms with Gasteiger partial charge < -0.3 is 25.0 Å². The van der Waals surface area contributed by atoms with E-state index in [1.807, 2.05) is 18.2 Å². The van der Waals surface area contributed by atoms with Crippen LogP contribution in [0.1, 0.15) is 87.3 Å². The van der Waals surface area contributed by atoms with Crippen molar-refractivity contribution in [2.24, 2.45) is 11.8 Å². The second-order valence-corrected chi connectivity index (χ2v) is 16.9. The molecule has 5 atom stereocenters. The molecule has 1 aromatic carbocycles. The Morgan fingerprint density at radius 3 is 2.49 bits per heavy atom. The zero-order chi connectivity index (χ0) is 35.9. The standard InChI is InChI=1S/C36H47N5O9S/c1-2-25-18-36(25,33(44)39-51(47,48)27-14-15-27)38-31(42)29-17-26-20-41(29)32(43)30(23-10-4-3-5-11-23)37-34(45)49-16-7-6-9-22-12-8-13-24-19-40(21-28(22)24)35(46)50-26/h2,8,12-13,23,25-27,29-30H,1,3-7,9-11,14-21H2,(H,37,45)(H,38,42)(H,39,44)/t25-,26-,29+,30+,36+/m1/s1. The number of ether oxygens (including phenoxy) is 2. The zero-order valence-electron chi connectivity index (χ0n) is 28.8. The van der Waals surface area contributed by atoms with Crippen molar-refractivity contribution < 1.29 is 41.9 Å². The van der Waals surface area contributed by atoms with Crippen molar-refractivity contribution >= 4 is 39.9 Å². The Morgan fingerprint density at radius 2 is 1.76 bits per heavy atom. The minimum atomic E-state index is -3.90. The van der Waals surface area contributed by atoms with Crippen molar-refractivity contribution in [2.75, 3.05) is 13.2 Å². The molecule has 4 fully saturated rings. The Labute approximate surface area is 298 Å². The summed E-state index contributed by atoms with van der Waals surface area (Å²) in [5.74, 6) is -2.74. The number of amides is 5. The molecule has 276 valence electrons. The highest BCUT2D eigenvalue weighted by Gasteiger charge is 2.62. The first-order chi connectivity index (χ1) is 24.5. The molecule has 14 nitrogen and oxygen atoms in total. The van der Waals surface area contributed by atoms with E-state index in [2.05, 4.69) is 21.9 Å². The Morgan fingerprint density at radius 1 is 1.00 bits per heavy atom. The first-order valence-electron chi connectivity index (χ1n) is 18.3. The molecule has 3 aliphatic heterocycles. The van der Waals surface area contributed by atoms with Crippen LogP contribution in [-0.4, -0.2) is 90.3 Å². The summed E-state index contributed by atoms with van der Waals surface area (Å²) in [6, 6.07) is 3.85. The lowest BCUT2D eigenvalue weighted by Crippen LogP contribution is -2.59. The van der Waals surface area contributed by atoms with E-state index in [1.54, 1.807) is 4.90 Å². The average molecular weight is 726 g/mol. The molecule has 4 bridgehead atoms. The number of alkyl carbamates (subject to hydrolysis) is 1. The summed E-state index contributed by atoms with van der Waals surface area (Å²) in [6.07, 6.45) is 6.72. The molecule has 1 saturated heterocycles. The van der Waals surface area contributed by atoms with Crippen LogP contribution in [0.4, 0.5) is 9.59 Å². The average Bonchev–Trinajstić information content (AvgIpc) is 4.01. The Balaban J connectivity index is 1.16. The lowest BCUT2D eigenvalue weighted by atomic mass is 9.83. The molecule has 6 aliphatic rings. The fourth-order valence-corrected chi connectivity index (χ4v) is 9.61. The number of nitrogens with zero attached hydrogens (tertiary/aromatic N) is 2. The number of sulfonamides is 1. The van der Waals surface area contributed by atoms with Gasteiger partial charge in [-0.25, -0.2) is 18.0 Å². The minimum Gasteiger partial charge on any atom is -0.450 e. The zero-order valence-corrected chi connectivity index (χ0v) is 29.6. The third kappa shape index (κ3) is 7.31. The van der Waals surface area contributed by atoms with Crippen molar-refractivity contribution in [2.45, 2.75) is 119 Å². The van der Waals surface area contributed by atoms with Gasteiger partial charge in [0.2, 0.25) is 21.8 Å². The molecular weight excluding hydrogens is 678 g/mol. The molecule has 51 heavy (non-hydrogen) atoms.